The van der Waals surface area contributed by atoms with Crippen molar-refractivity contribution >= 4 is 5.69 Å². The Balaban J connectivity index is 2.57. The van der Waals surface area contributed by atoms with Crippen molar-refractivity contribution < 1.29 is 22.3 Å². The molecule has 3 nitrogen and oxygen atoms in total. The van der Waals surface area contributed by atoms with Crippen LogP contribution >= 0.6 is 0 Å². The van der Waals surface area contributed by atoms with Gasteiger partial charge in [-0.2, -0.15) is 8.78 Å². The molecule has 2 N–H and O–H groups in total. The zero-order chi connectivity index (χ0) is 11.5. The minimum Gasteiger partial charge on any atom is -0.485 e. The summed E-state index contributed by atoms with van der Waals surface area (Å²) in [5, 5.41) is 0. The molecule has 0 saturated carbocycles. The topological polar surface area (TPSA) is 48.1 Å². The molecule has 0 fully saturated rings. The fraction of sp³-hybridized carbons (Fsp3) is 0.375. The van der Waals surface area contributed by atoms with Crippen LogP contribution in [0.4, 0.5) is 23.2 Å². The number of hydrogen-bond donors (Lipinski definition) is 1. The average Bonchev–Trinajstić information content (AvgIpc) is 2.15. The van der Waals surface area contributed by atoms with Crippen molar-refractivity contribution in [2.75, 3.05) is 12.3 Å². The normalized spacial score (nSPS) is 11.8. The summed E-state index contributed by atoms with van der Waals surface area (Å²) in [6.07, 6.45) is -1.37. The van der Waals surface area contributed by atoms with Gasteiger partial charge >= 0.3 is 12.3 Å². The van der Waals surface area contributed by atoms with E-state index >= 15 is 0 Å². The standard InChI is InChI=1S/C8H8F4N2O/c9-7(10)8(11,12)4-15-6-1-5(13)2-14-3-6/h1-3,7H,4,13H2. The number of ether oxygens (including phenoxy) is 1. The number of hydrogen-bond acceptors (Lipinski definition) is 3. The summed E-state index contributed by atoms with van der Waals surface area (Å²) in [6.45, 7) is -1.41. The number of anilines is 1. The first-order chi connectivity index (χ1) is 6.92. The first-order valence-corrected chi connectivity index (χ1v) is 3.91. The number of aromatic nitrogens is 1. The number of nitrogens with two attached hydrogens (primary N) is 1. The van der Waals surface area contributed by atoms with Crippen LogP contribution in [0.15, 0.2) is 18.5 Å². The Hall–Kier alpha value is -1.53. The summed E-state index contributed by atoms with van der Waals surface area (Å²) in [7, 11) is 0. The van der Waals surface area contributed by atoms with Crippen molar-refractivity contribution in [2.45, 2.75) is 12.3 Å². The molecular weight excluding hydrogens is 216 g/mol. The van der Waals surface area contributed by atoms with E-state index in [-0.39, 0.29) is 11.4 Å². The molecule has 0 bridgehead atoms. The van der Waals surface area contributed by atoms with Gasteiger partial charge in [0.1, 0.15) is 5.75 Å². The zero-order valence-electron chi connectivity index (χ0n) is 7.46. The van der Waals surface area contributed by atoms with Crippen molar-refractivity contribution in [3.8, 4) is 5.75 Å². The van der Waals surface area contributed by atoms with Crippen LogP contribution in [0, 0.1) is 0 Å². The van der Waals surface area contributed by atoms with E-state index in [9.17, 15) is 17.6 Å². The summed E-state index contributed by atoms with van der Waals surface area (Å²) in [4.78, 5) is 3.55. The van der Waals surface area contributed by atoms with E-state index in [2.05, 4.69) is 9.72 Å². The molecular formula is C8H8F4N2O. The predicted octanol–water partition coefficient (Wildman–Crippen LogP) is 1.94. The van der Waals surface area contributed by atoms with Crippen LogP contribution in [-0.2, 0) is 0 Å². The van der Waals surface area contributed by atoms with Crippen LogP contribution in [0.3, 0.4) is 0 Å². The maximum atomic E-state index is 12.4. The molecule has 0 amide bonds. The van der Waals surface area contributed by atoms with Crippen LogP contribution in [0.2, 0.25) is 0 Å². The molecule has 0 saturated heterocycles. The smallest absolute Gasteiger partial charge is 0.340 e. The Morgan fingerprint density at radius 2 is 2.07 bits per heavy atom. The van der Waals surface area contributed by atoms with Gasteiger partial charge in [-0.3, -0.25) is 4.98 Å². The highest BCUT2D eigenvalue weighted by molar-refractivity contribution is 5.39. The molecule has 1 rings (SSSR count). The minimum atomic E-state index is -4.18. The Bertz CT molecular complexity index is 332. The van der Waals surface area contributed by atoms with E-state index in [0.717, 1.165) is 6.20 Å². The van der Waals surface area contributed by atoms with Gasteiger partial charge in [0.25, 0.3) is 0 Å². The Kier molecular flexibility index (Phi) is 3.33. The fourth-order valence-electron chi connectivity index (χ4n) is 0.757. The molecule has 0 radical (unpaired) electrons. The predicted molar refractivity (Wildman–Crippen MR) is 45.1 cm³/mol. The van der Waals surface area contributed by atoms with Crippen LogP contribution in [0.5, 0.6) is 5.75 Å². The number of nitrogen functional groups attached to an aromatic ring is 1. The average molecular weight is 224 g/mol. The van der Waals surface area contributed by atoms with Gasteiger partial charge < -0.3 is 10.5 Å². The Morgan fingerprint density at radius 3 is 2.60 bits per heavy atom. The van der Waals surface area contributed by atoms with Gasteiger partial charge in [-0.15, -0.1) is 0 Å². The number of halogens is 4. The van der Waals surface area contributed by atoms with E-state index in [4.69, 9.17) is 5.73 Å². The lowest BCUT2D eigenvalue weighted by atomic mass is 10.3. The van der Waals surface area contributed by atoms with Gasteiger partial charge in [-0.1, -0.05) is 0 Å². The molecule has 0 atom stereocenters. The lowest BCUT2D eigenvalue weighted by Gasteiger charge is -2.15. The summed E-state index contributed by atoms with van der Waals surface area (Å²) >= 11 is 0. The first kappa shape index (κ1) is 11.5. The summed E-state index contributed by atoms with van der Waals surface area (Å²) in [6, 6.07) is 1.22. The van der Waals surface area contributed by atoms with E-state index in [1.54, 1.807) is 0 Å². The van der Waals surface area contributed by atoms with Crippen molar-refractivity contribution in [1.82, 2.24) is 4.98 Å². The number of rotatable bonds is 4. The van der Waals surface area contributed by atoms with Gasteiger partial charge in [-0.05, 0) is 0 Å². The van der Waals surface area contributed by atoms with E-state index < -0.39 is 19.0 Å². The minimum absolute atomic E-state index is 0.0738. The van der Waals surface area contributed by atoms with Gasteiger partial charge in [0.15, 0.2) is 6.61 Å². The molecule has 0 aliphatic heterocycles. The Labute approximate surface area is 82.9 Å². The van der Waals surface area contributed by atoms with Crippen LogP contribution < -0.4 is 10.5 Å². The molecule has 7 heteroatoms. The number of alkyl halides is 4. The lowest BCUT2D eigenvalue weighted by molar-refractivity contribution is -0.148. The molecule has 1 heterocycles. The van der Waals surface area contributed by atoms with Gasteiger partial charge in [0.05, 0.1) is 18.1 Å². The first-order valence-electron chi connectivity index (χ1n) is 3.91. The highest BCUT2D eigenvalue weighted by Gasteiger charge is 2.41. The molecule has 0 spiro atoms. The molecule has 1 aromatic heterocycles. The van der Waals surface area contributed by atoms with Crippen molar-refractivity contribution in [3.63, 3.8) is 0 Å². The van der Waals surface area contributed by atoms with Crippen molar-refractivity contribution in [3.05, 3.63) is 18.5 Å². The largest absolute Gasteiger partial charge is 0.485 e. The SMILES string of the molecule is Nc1cncc(OCC(F)(F)C(F)F)c1. The fourth-order valence-corrected chi connectivity index (χ4v) is 0.757. The third-order valence-corrected chi connectivity index (χ3v) is 1.48. The maximum Gasteiger partial charge on any atom is 0.340 e. The second-order valence-corrected chi connectivity index (χ2v) is 2.80. The molecule has 0 aliphatic rings. The molecule has 84 valence electrons. The Morgan fingerprint density at radius 1 is 1.40 bits per heavy atom. The molecule has 15 heavy (non-hydrogen) atoms. The third kappa shape index (κ3) is 3.26. The highest BCUT2D eigenvalue weighted by atomic mass is 19.3. The lowest BCUT2D eigenvalue weighted by Crippen LogP contribution is -2.33. The quantitative estimate of drug-likeness (QED) is 0.795. The van der Waals surface area contributed by atoms with Crippen LogP contribution in [0.1, 0.15) is 0 Å². The molecule has 1 aromatic rings. The number of pyridine rings is 1. The van der Waals surface area contributed by atoms with Crippen LogP contribution in [0.25, 0.3) is 0 Å². The molecule has 0 aromatic carbocycles. The van der Waals surface area contributed by atoms with Gasteiger partial charge in [0, 0.05) is 6.07 Å². The zero-order valence-corrected chi connectivity index (χ0v) is 7.46. The summed E-state index contributed by atoms with van der Waals surface area (Å²) < 4.78 is 52.7. The van der Waals surface area contributed by atoms with E-state index in [0.29, 0.717) is 0 Å². The third-order valence-electron chi connectivity index (χ3n) is 1.48. The second kappa shape index (κ2) is 4.33. The van der Waals surface area contributed by atoms with Gasteiger partial charge in [-0.25, -0.2) is 8.78 Å². The van der Waals surface area contributed by atoms with Crippen LogP contribution in [-0.4, -0.2) is 23.9 Å². The van der Waals surface area contributed by atoms with Crippen molar-refractivity contribution in [1.29, 1.82) is 0 Å². The monoisotopic (exact) mass is 224 g/mol. The highest BCUT2D eigenvalue weighted by Crippen LogP contribution is 2.24. The number of nitrogens with zero attached hydrogens (tertiary/aromatic N) is 1. The van der Waals surface area contributed by atoms with E-state index in [1.807, 2.05) is 0 Å². The second-order valence-electron chi connectivity index (χ2n) is 2.80. The summed E-state index contributed by atoms with van der Waals surface area (Å²) in [5.41, 5.74) is 5.48. The van der Waals surface area contributed by atoms with E-state index in [1.165, 1.54) is 12.3 Å². The summed E-state index contributed by atoms with van der Waals surface area (Å²) in [5.74, 6) is -4.25. The molecule has 0 aliphatic carbocycles. The van der Waals surface area contributed by atoms with Crippen molar-refractivity contribution in [2.24, 2.45) is 0 Å². The maximum absolute atomic E-state index is 12.4. The molecule has 0 unspecified atom stereocenters. The van der Waals surface area contributed by atoms with Gasteiger partial charge in [0.2, 0.25) is 0 Å².